The van der Waals surface area contributed by atoms with Crippen LogP contribution in [-0.2, 0) is 9.47 Å². The monoisotopic (exact) mass is 268 g/mol. The predicted octanol–water partition coefficient (Wildman–Crippen LogP) is 4.43. The molecule has 0 saturated carbocycles. The van der Waals surface area contributed by atoms with E-state index in [1.807, 2.05) is 0 Å². The van der Waals surface area contributed by atoms with Gasteiger partial charge in [0.2, 0.25) is 0 Å². The van der Waals surface area contributed by atoms with E-state index in [0.29, 0.717) is 0 Å². The second-order valence-electron chi connectivity index (χ2n) is 6.30. The van der Waals surface area contributed by atoms with Crippen LogP contribution in [0.4, 0.5) is 0 Å². The predicted molar refractivity (Wildman–Crippen MR) is 82.2 cm³/mol. The number of unbranched alkanes of at least 4 members (excludes halogenated alkanes) is 5. The Balaban J connectivity index is 3.02. The average molecular weight is 268 g/mol. The fraction of sp³-hybridized carbons (Fsp3) is 0.882. The van der Waals surface area contributed by atoms with E-state index in [0.717, 1.165) is 58.5 Å². The van der Waals surface area contributed by atoms with E-state index in [-0.39, 0.29) is 5.41 Å². The van der Waals surface area contributed by atoms with E-state index in [9.17, 15) is 0 Å². The molecule has 0 fully saturated rings. The van der Waals surface area contributed by atoms with Crippen molar-refractivity contribution < 1.29 is 9.47 Å². The minimum absolute atomic E-state index is 0.280. The lowest BCUT2D eigenvalue weighted by molar-refractivity contribution is 0.0663. The minimum Gasteiger partial charge on any atom is -0.381 e. The van der Waals surface area contributed by atoms with Gasteiger partial charge in [-0.1, -0.05) is 27.2 Å². The molecule has 0 aromatic carbocycles. The quantitative estimate of drug-likeness (QED) is 0.385. The summed E-state index contributed by atoms with van der Waals surface area (Å²) in [6.45, 7) is 10.1. The molecule has 0 amide bonds. The summed E-state index contributed by atoms with van der Waals surface area (Å²) in [5.74, 6) is 2.66. The fourth-order valence-corrected chi connectivity index (χ4v) is 1.67. The molecular weight excluding hydrogens is 236 g/mol. The minimum atomic E-state index is 0.280. The van der Waals surface area contributed by atoms with Crippen molar-refractivity contribution in [3.63, 3.8) is 0 Å². The van der Waals surface area contributed by atoms with E-state index in [4.69, 9.17) is 15.9 Å². The lowest BCUT2D eigenvalue weighted by atomic mass is 9.99. The van der Waals surface area contributed by atoms with Gasteiger partial charge in [0.05, 0.1) is 6.61 Å². The first kappa shape index (κ1) is 18.5. The van der Waals surface area contributed by atoms with Crippen molar-refractivity contribution in [2.45, 2.75) is 65.7 Å². The smallest absolute Gasteiger partial charge is 0.0514 e. The molecule has 0 bridgehead atoms. The first-order chi connectivity index (χ1) is 9.06. The van der Waals surface area contributed by atoms with Crippen LogP contribution in [0.25, 0.3) is 0 Å². The van der Waals surface area contributed by atoms with Gasteiger partial charge in [0.25, 0.3) is 0 Å². The summed E-state index contributed by atoms with van der Waals surface area (Å²) in [5, 5.41) is 0. The van der Waals surface area contributed by atoms with E-state index in [1.165, 1.54) is 12.8 Å². The Kier molecular flexibility index (Phi) is 12.2. The van der Waals surface area contributed by atoms with Crippen molar-refractivity contribution >= 4 is 0 Å². The summed E-state index contributed by atoms with van der Waals surface area (Å²) in [4.78, 5) is 0. The summed E-state index contributed by atoms with van der Waals surface area (Å²) in [7, 11) is 0. The molecule has 0 unspecified atom stereocenters. The van der Waals surface area contributed by atoms with E-state index in [1.54, 1.807) is 0 Å². The van der Waals surface area contributed by atoms with Crippen molar-refractivity contribution in [1.82, 2.24) is 0 Å². The highest BCUT2D eigenvalue weighted by Gasteiger charge is 2.09. The summed E-state index contributed by atoms with van der Waals surface area (Å²) < 4.78 is 11.2. The number of terminal acetylenes is 1. The van der Waals surface area contributed by atoms with Gasteiger partial charge >= 0.3 is 0 Å². The Morgan fingerprint density at radius 3 is 1.84 bits per heavy atom. The van der Waals surface area contributed by atoms with Gasteiger partial charge in [0, 0.05) is 26.2 Å². The molecule has 2 nitrogen and oxygen atoms in total. The molecule has 0 aromatic rings. The van der Waals surface area contributed by atoms with Gasteiger partial charge < -0.3 is 9.47 Å². The van der Waals surface area contributed by atoms with Crippen molar-refractivity contribution in [1.29, 1.82) is 0 Å². The van der Waals surface area contributed by atoms with Gasteiger partial charge in [-0.15, -0.1) is 12.3 Å². The SMILES string of the molecule is C#CCCCCCOCCCCCOCC(C)(C)C. The lowest BCUT2D eigenvalue weighted by Gasteiger charge is -2.17. The number of hydrogen-bond donors (Lipinski definition) is 0. The Hall–Kier alpha value is -0.520. The maximum atomic E-state index is 5.62. The van der Waals surface area contributed by atoms with Gasteiger partial charge in [0.15, 0.2) is 0 Å². The standard InChI is InChI=1S/C17H32O2/c1-5-6-7-8-10-13-18-14-11-9-12-15-19-16-17(2,3)4/h1H,6-16H2,2-4H3. The van der Waals surface area contributed by atoms with Crippen LogP contribution in [0.2, 0.25) is 0 Å². The molecule has 0 N–H and O–H groups in total. The van der Waals surface area contributed by atoms with E-state index >= 15 is 0 Å². The topological polar surface area (TPSA) is 18.5 Å². The molecule has 0 spiro atoms. The summed E-state index contributed by atoms with van der Waals surface area (Å²) in [6, 6.07) is 0. The average Bonchev–Trinajstić information content (AvgIpc) is 2.34. The van der Waals surface area contributed by atoms with Crippen LogP contribution in [0.3, 0.4) is 0 Å². The van der Waals surface area contributed by atoms with Crippen molar-refractivity contribution in [3.05, 3.63) is 0 Å². The maximum absolute atomic E-state index is 5.62. The largest absolute Gasteiger partial charge is 0.381 e. The summed E-state index contributed by atoms with van der Waals surface area (Å²) >= 11 is 0. The van der Waals surface area contributed by atoms with Crippen LogP contribution >= 0.6 is 0 Å². The molecular formula is C17H32O2. The molecule has 112 valence electrons. The van der Waals surface area contributed by atoms with Gasteiger partial charge in [-0.05, 0) is 37.5 Å². The molecule has 0 rings (SSSR count). The van der Waals surface area contributed by atoms with Crippen LogP contribution < -0.4 is 0 Å². The Labute approximate surface area is 120 Å². The molecule has 0 radical (unpaired) electrons. The van der Waals surface area contributed by atoms with Crippen LogP contribution in [0.15, 0.2) is 0 Å². The van der Waals surface area contributed by atoms with Crippen LogP contribution in [0, 0.1) is 17.8 Å². The van der Waals surface area contributed by atoms with Gasteiger partial charge in [0.1, 0.15) is 0 Å². The fourth-order valence-electron chi connectivity index (χ4n) is 1.67. The molecule has 0 heterocycles. The second-order valence-corrected chi connectivity index (χ2v) is 6.30. The van der Waals surface area contributed by atoms with Gasteiger partial charge in [-0.3, -0.25) is 0 Å². The molecule has 0 aromatic heterocycles. The molecule has 0 aliphatic carbocycles. The van der Waals surface area contributed by atoms with Gasteiger partial charge in [-0.2, -0.15) is 0 Å². The Morgan fingerprint density at radius 1 is 0.789 bits per heavy atom. The third-order valence-corrected chi connectivity index (χ3v) is 2.72. The second kappa shape index (κ2) is 12.5. The molecule has 0 aliphatic rings. The van der Waals surface area contributed by atoms with Crippen molar-refractivity contribution in [3.8, 4) is 12.3 Å². The molecule has 0 aliphatic heterocycles. The normalized spacial score (nSPS) is 11.5. The Bertz CT molecular complexity index is 222. The zero-order valence-corrected chi connectivity index (χ0v) is 13.2. The number of hydrogen-bond acceptors (Lipinski definition) is 2. The highest BCUT2D eigenvalue weighted by atomic mass is 16.5. The Morgan fingerprint density at radius 2 is 1.32 bits per heavy atom. The first-order valence-corrected chi connectivity index (χ1v) is 7.65. The summed E-state index contributed by atoms with van der Waals surface area (Å²) in [6.07, 6.45) is 13.0. The molecule has 0 atom stereocenters. The van der Waals surface area contributed by atoms with E-state index < -0.39 is 0 Å². The highest BCUT2D eigenvalue weighted by Crippen LogP contribution is 2.13. The number of ether oxygens (including phenoxy) is 2. The van der Waals surface area contributed by atoms with Crippen LogP contribution in [0.1, 0.15) is 65.7 Å². The third kappa shape index (κ3) is 17.5. The van der Waals surface area contributed by atoms with Gasteiger partial charge in [-0.25, -0.2) is 0 Å². The summed E-state index contributed by atoms with van der Waals surface area (Å²) in [5.41, 5.74) is 0.280. The van der Waals surface area contributed by atoms with Crippen molar-refractivity contribution in [2.24, 2.45) is 5.41 Å². The third-order valence-electron chi connectivity index (χ3n) is 2.72. The lowest BCUT2D eigenvalue weighted by Crippen LogP contribution is -2.15. The zero-order chi connectivity index (χ0) is 14.4. The van der Waals surface area contributed by atoms with Crippen LogP contribution in [0.5, 0.6) is 0 Å². The van der Waals surface area contributed by atoms with Crippen molar-refractivity contribution in [2.75, 3.05) is 26.4 Å². The molecule has 0 saturated heterocycles. The molecule has 2 heteroatoms. The maximum Gasteiger partial charge on any atom is 0.0514 e. The van der Waals surface area contributed by atoms with E-state index in [2.05, 4.69) is 26.7 Å². The first-order valence-electron chi connectivity index (χ1n) is 7.65. The highest BCUT2D eigenvalue weighted by molar-refractivity contribution is 4.82. The zero-order valence-electron chi connectivity index (χ0n) is 13.2. The van der Waals surface area contributed by atoms with Crippen LogP contribution in [-0.4, -0.2) is 26.4 Å². The molecule has 19 heavy (non-hydrogen) atoms. The number of rotatable bonds is 12.